The van der Waals surface area contributed by atoms with Crippen LogP contribution in [0.25, 0.3) is 10.7 Å². The molecule has 0 spiro atoms. The van der Waals surface area contributed by atoms with Gasteiger partial charge >= 0.3 is 5.97 Å². The Morgan fingerprint density at radius 2 is 2.29 bits per heavy atom. The summed E-state index contributed by atoms with van der Waals surface area (Å²) < 4.78 is 10.2. The molecule has 0 aliphatic rings. The summed E-state index contributed by atoms with van der Waals surface area (Å²) in [4.78, 5) is 21.0. The normalized spacial score (nSPS) is 10.7. The molecule has 0 aliphatic carbocycles. The maximum atomic E-state index is 11.7. The van der Waals surface area contributed by atoms with E-state index in [1.54, 1.807) is 0 Å². The number of esters is 1. The maximum Gasteiger partial charge on any atom is 0.312 e. The van der Waals surface area contributed by atoms with Crippen molar-refractivity contribution in [1.82, 2.24) is 15.1 Å². The van der Waals surface area contributed by atoms with Gasteiger partial charge in [0.2, 0.25) is 5.82 Å². The van der Waals surface area contributed by atoms with Gasteiger partial charge in [-0.05, 0) is 18.4 Å². The molecule has 8 heteroatoms. The minimum atomic E-state index is -0.365. The van der Waals surface area contributed by atoms with Crippen molar-refractivity contribution in [3.8, 4) is 10.7 Å². The van der Waals surface area contributed by atoms with Crippen LogP contribution in [0.2, 0.25) is 0 Å². The highest BCUT2D eigenvalue weighted by molar-refractivity contribution is 7.13. The average molecular weight is 321 g/mol. The molecule has 6 nitrogen and oxygen atoms in total. The first-order valence-electron chi connectivity index (χ1n) is 6.14. The van der Waals surface area contributed by atoms with Gasteiger partial charge in [-0.2, -0.15) is 4.98 Å². The van der Waals surface area contributed by atoms with Gasteiger partial charge in [-0.15, -0.1) is 22.7 Å². The minimum Gasteiger partial charge on any atom is -0.455 e. The summed E-state index contributed by atoms with van der Waals surface area (Å²) in [5.41, 5.74) is 0.715. The van der Waals surface area contributed by atoms with Crippen LogP contribution in [0.3, 0.4) is 0 Å². The second kappa shape index (κ2) is 6.15. The monoisotopic (exact) mass is 321 g/mol. The number of rotatable bonds is 5. The Balaban J connectivity index is 1.54. The zero-order valence-electron chi connectivity index (χ0n) is 11.1. The second-order valence-corrected chi connectivity index (χ2v) is 6.19. The number of aryl methyl sites for hydroxylation is 1. The fourth-order valence-electron chi connectivity index (χ4n) is 1.65. The highest BCUT2D eigenvalue weighted by Gasteiger charge is 2.13. The lowest BCUT2D eigenvalue weighted by Gasteiger charge is -1.99. The molecule has 0 amide bonds. The average Bonchev–Trinajstić information content (AvgIpc) is 3.17. The first-order chi connectivity index (χ1) is 10.2. The quantitative estimate of drug-likeness (QED) is 0.672. The number of hydrogen-bond donors (Lipinski definition) is 0. The van der Waals surface area contributed by atoms with E-state index in [1.807, 2.05) is 29.8 Å². The number of hydrogen-bond acceptors (Lipinski definition) is 8. The zero-order valence-corrected chi connectivity index (χ0v) is 12.7. The predicted molar refractivity (Wildman–Crippen MR) is 78.0 cm³/mol. The van der Waals surface area contributed by atoms with E-state index in [9.17, 15) is 4.79 Å². The molecule has 0 bridgehead atoms. The van der Waals surface area contributed by atoms with Crippen LogP contribution in [0.5, 0.6) is 0 Å². The van der Waals surface area contributed by atoms with Crippen molar-refractivity contribution in [3.05, 3.63) is 39.5 Å². The van der Waals surface area contributed by atoms with Crippen LogP contribution in [0, 0.1) is 6.92 Å². The van der Waals surface area contributed by atoms with Gasteiger partial charge < -0.3 is 9.26 Å². The number of carbonyl (C=O) groups excluding carboxylic acids is 1. The van der Waals surface area contributed by atoms with Crippen molar-refractivity contribution in [2.75, 3.05) is 0 Å². The largest absolute Gasteiger partial charge is 0.455 e. The molecule has 0 N–H and O–H groups in total. The van der Waals surface area contributed by atoms with Gasteiger partial charge in [-0.25, -0.2) is 4.98 Å². The van der Waals surface area contributed by atoms with Crippen LogP contribution in [-0.2, 0) is 22.6 Å². The molecule has 0 saturated carbocycles. The van der Waals surface area contributed by atoms with Crippen LogP contribution >= 0.6 is 22.7 Å². The Bertz CT molecular complexity index is 734. The van der Waals surface area contributed by atoms with E-state index in [2.05, 4.69) is 15.1 Å². The number of nitrogens with zero attached hydrogens (tertiary/aromatic N) is 3. The van der Waals surface area contributed by atoms with Crippen molar-refractivity contribution in [2.45, 2.75) is 20.0 Å². The lowest BCUT2D eigenvalue weighted by molar-refractivity contribution is -0.144. The van der Waals surface area contributed by atoms with Crippen molar-refractivity contribution >= 4 is 28.6 Å². The Morgan fingerprint density at radius 1 is 1.38 bits per heavy atom. The molecule has 0 saturated heterocycles. The number of thiophene rings is 1. The first-order valence-corrected chi connectivity index (χ1v) is 7.90. The van der Waals surface area contributed by atoms with Crippen molar-refractivity contribution in [1.29, 1.82) is 0 Å². The maximum absolute atomic E-state index is 11.7. The highest BCUT2D eigenvalue weighted by atomic mass is 32.1. The molecule has 21 heavy (non-hydrogen) atoms. The number of aromatic nitrogens is 3. The molecular formula is C13H11N3O3S2. The van der Waals surface area contributed by atoms with Gasteiger partial charge in [-0.3, -0.25) is 4.79 Å². The van der Waals surface area contributed by atoms with E-state index < -0.39 is 0 Å². The second-order valence-electron chi connectivity index (χ2n) is 4.18. The SMILES string of the molecule is Cc1nc(CC(=O)OCc2nc(-c3cccs3)no2)cs1. The van der Waals surface area contributed by atoms with Crippen LogP contribution in [0.4, 0.5) is 0 Å². The Kier molecular flexibility index (Phi) is 4.07. The topological polar surface area (TPSA) is 78.1 Å². The van der Waals surface area contributed by atoms with Crippen LogP contribution in [0.1, 0.15) is 16.6 Å². The third-order valence-corrected chi connectivity index (χ3v) is 4.25. The predicted octanol–water partition coefficient (Wildman–Crippen LogP) is 2.85. The third-order valence-electron chi connectivity index (χ3n) is 2.56. The zero-order chi connectivity index (χ0) is 14.7. The minimum absolute atomic E-state index is 0.0275. The van der Waals surface area contributed by atoms with E-state index in [-0.39, 0.29) is 24.9 Å². The van der Waals surface area contributed by atoms with E-state index in [0.29, 0.717) is 11.5 Å². The van der Waals surface area contributed by atoms with Crippen LogP contribution < -0.4 is 0 Å². The molecule has 3 aromatic heterocycles. The Morgan fingerprint density at radius 3 is 3.00 bits per heavy atom. The Labute approximate surface area is 128 Å². The van der Waals surface area contributed by atoms with Crippen molar-refractivity contribution < 1.29 is 14.1 Å². The van der Waals surface area contributed by atoms with Crippen molar-refractivity contribution in [2.24, 2.45) is 0 Å². The van der Waals surface area contributed by atoms with Gasteiger partial charge in [0.1, 0.15) is 0 Å². The van der Waals surface area contributed by atoms with Gasteiger partial charge in [-0.1, -0.05) is 11.2 Å². The van der Waals surface area contributed by atoms with E-state index in [4.69, 9.17) is 9.26 Å². The number of ether oxygens (including phenoxy) is 1. The summed E-state index contributed by atoms with van der Waals surface area (Å²) in [5, 5.41) is 8.55. The van der Waals surface area contributed by atoms with Crippen molar-refractivity contribution in [3.63, 3.8) is 0 Å². The fraction of sp³-hybridized carbons (Fsp3) is 0.231. The molecule has 0 aromatic carbocycles. The molecule has 0 unspecified atom stereocenters. The lowest BCUT2D eigenvalue weighted by atomic mass is 10.3. The van der Waals surface area contributed by atoms with E-state index in [0.717, 1.165) is 9.88 Å². The molecule has 3 rings (SSSR count). The van der Waals surface area contributed by atoms with Gasteiger partial charge in [0.15, 0.2) is 6.61 Å². The smallest absolute Gasteiger partial charge is 0.312 e. The summed E-state index contributed by atoms with van der Waals surface area (Å²) in [6, 6.07) is 3.81. The first kappa shape index (κ1) is 13.9. The summed E-state index contributed by atoms with van der Waals surface area (Å²) >= 11 is 3.02. The van der Waals surface area contributed by atoms with Crippen LogP contribution in [0.15, 0.2) is 27.4 Å². The molecule has 0 radical (unpaired) electrons. The molecule has 3 aromatic rings. The summed E-state index contributed by atoms with van der Waals surface area (Å²) in [6.45, 7) is 1.87. The molecule has 0 atom stereocenters. The number of carbonyl (C=O) groups is 1. The molecule has 3 heterocycles. The van der Waals surface area contributed by atoms with Crippen LogP contribution in [-0.4, -0.2) is 21.1 Å². The third kappa shape index (κ3) is 3.53. The Hall–Kier alpha value is -2.06. The highest BCUT2D eigenvalue weighted by Crippen LogP contribution is 2.21. The fourth-order valence-corrected chi connectivity index (χ4v) is 2.91. The standard InChI is InChI=1S/C13H11N3O3S2/c1-8-14-9(7-21-8)5-12(17)18-6-11-15-13(16-19-11)10-3-2-4-20-10/h2-4,7H,5-6H2,1H3. The van der Waals surface area contributed by atoms with Gasteiger partial charge in [0.25, 0.3) is 5.89 Å². The lowest BCUT2D eigenvalue weighted by Crippen LogP contribution is -2.08. The molecule has 108 valence electrons. The van der Waals surface area contributed by atoms with Gasteiger partial charge in [0, 0.05) is 5.38 Å². The summed E-state index contributed by atoms with van der Waals surface area (Å²) in [5.74, 6) is 0.420. The molecule has 0 aliphatic heterocycles. The molecular weight excluding hydrogens is 310 g/mol. The number of thiazole rings is 1. The van der Waals surface area contributed by atoms with E-state index >= 15 is 0 Å². The van der Waals surface area contributed by atoms with Gasteiger partial charge in [0.05, 0.1) is 22.0 Å². The van der Waals surface area contributed by atoms with E-state index in [1.165, 1.54) is 22.7 Å². The summed E-state index contributed by atoms with van der Waals surface area (Å²) in [7, 11) is 0. The molecule has 0 fully saturated rings. The summed E-state index contributed by atoms with van der Waals surface area (Å²) in [6.07, 6.45) is 0.149.